The summed E-state index contributed by atoms with van der Waals surface area (Å²) in [5, 5.41) is 12.7. The predicted molar refractivity (Wildman–Crippen MR) is 110 cm³/mol. The maximum Gasteiger partial charge on any atom is 0.303 e. The summed E-state index contributed by atoms with van der Waals surface area (Å²) in [5.41, 5.74) is 2.44. The van der Waals surface area contributed by atoms with Crippen molar-refractivity contribution in [1.29, 1.82) is 0 Å². The lowest BCUT2D eigenvalue weighted by molar-refractivity contribution is -0.137. The lowest BCUT2D eigenvalue weighted by atomic mass is 9.89. The molecular weight excluding hydrogens is 352 g/mol. The zero-order valence-electron chi connectivity index (χ0n) is 16.5. The van der Waals surface area contributed by atoms with E-state index >= 15 is 0 Å². The van der Waals surface area contributed by atoms with E-state index in [0.29, 0.717) is 12.5 Å². The number of ether oxygens (including phenoxy) is 1. The van der Waals surface area contributed by atoms with Crippen molar-refractivity contribution in [2.75, 3.05) is 20.2 Å². The molecule has 0 spiro atoms. The molecule has 1 saturated heterocycles. The van der Waals surface area contributed by atoms with E-state index in [4.69, 9.17) is 9.84 Å². The van der Waals surface area contributed by atoms with Crippen molar-refractivity contribution in [2.45, 2.75) is 44.3 Å². The second-order valence-corrected chi connectivity index (χ2v) is 7.33. The Morgan fingerprint density at radius 3 is 2.68 bits per heavy atom. The van der Waals surface area contributed by atoms with Crippen LogP contribution in [0, 0.1) is 0 Å². The molecule has 3 rings (SSSR count). The molecule has 5 heteroatoms. The molecule has 0 saturated carbocycles. The molecule has 150 valence electrons. The van der Waals surface area contributed by atoms with E-state index < -0.39 is 5.97 Å². The normalized spacial score (nSPS) is 20.0. The van der Waals surface area contributed by atoms with E-state index in [0.717, 1.165) is 43.8 Å². The van der Waals surface area contributed by atoms with Gasteiger partial charge >= 0.3 is 5.97 Å². The van der Waals surface area contributed by atoms with Gasteiger partial charge in [-0.1, -0.05) is 48.5 Å². The number of methoxy groups -OCH3 is 1. The van der Waals surface area contributed by atoms with Crippen LogP contribution in [0.5, 0.6) is 5.75 Å². The van der Waals surface area contributed by atoms with Crippen LogP contribution in [0.25, 0.3) is 0 Å². The lowest BCUT2D eigenvalue weighted by Gasteiger charge is -2.42. The van der Waals surface area contributed by atoms with Gasteiger partial charge in [0.2, 0.25) is 0 Å². The molecule has 0 unspecified atom stereocenters. The van der Waals surface area contributed by atoms with Gasteiger partial charge in [-0.25, -0.2) is 0 Å². The fourth-order valence-corrected chi connectivity index (χ4v) is 4.15. The summed E-state index contributed by atoms with van der Waals surface area (Å²) >= 11 is 0. The molecule has 1 aliphatic heterocycles. The van der Waals surface area contributed by atoms with Crippen LogP contribution in [-0.2, 0) is 11.3 Å². The Kier molecular flexibility index (Phi) is 7.46. The average Bonchev–Trinajstić information content (AvgIpc) is 2.73. The standard InChI is InChI=1S/C23H30N2O3/c1-28-21-13-6-5-11-19(21)17-24-20-12-7-15-25(16-8-14-22(26)27)23(20)18-9-3-2-4-10-18/h2-6,9-11,13,20,23-24H,7-8,12,14-17H2,1H3,(H,26,27)/t20-,23-/m1/s1. The van der Waals surface area contributed by atoms with Crippen LogP contribution in [-0.4, -0.2) is 42.2 Å². The Balaban J connectivity index is 1.74. The maximum atomic E-state index is 10.9. The summed E-state index contributed by atoms with van der Waals surface area (Å²) in [5.74, 6) is 0.180. The van der Waals surface area contributed by atoms with Gasteiger partial charge in [-0.05, 0) is 44.0 Å². The molecule has 0 amide bonds. The number of aliphatic carboxylic acids is 1. The fraction of sp³-hybridized carbons (Fsp3) is 0.435. The van der Waals surface area contributed by atoms with Gasteiger partial charge in [-0.15, -0.1) is 0 Å². The second kappa shape index (κ2) is 10.2. The number of piperidine rings is 1. The average molecular weight is 383 g/mol. The van der Waals surface area contributed by atoms with E-state index in [1.165, 1.54) is 5.56 Å². The number of rotatable bonds is 9. The van der Waals surface area contributed by atoms with Crippen molar-refractivity contribution in [1.82, 2.24) is 10.2 Å². The first-order valence-corrected chi connectivity index (χ1v) is 10.0. The highest BCUT2D eigenvalue weighted by Gasteiger charge is 2.32. The number of hydrogen-bond acceptors (Lipinski definition) is 4. The summed E-state index contributed by atoms with van der Waals surface area (Å²) in [6, 6.07) is 19.2. The van der Waals surface area contributed by atoms with Crippen LogP contribution in [0.2, 0.25) is 0 Å². The van der Waals surface area contributed by atoms with Crippen molar-refractivity contribution in [3.63, 3.8) is 0 Å². The van der Waals surface area contributed by atoms with Crippen LogP contribution >= 0.6 is 0 Å². The van der Waals surface area contributed by atoms with Crippen molar-refractivity contribution >= 4 is 5.97 Å². The number of para-hydroxylation sites is 1. The highest BCUT2D eigenvalue weighted by Crippen LogP contribution is 2.32. The lowest BCUT2D eigenvalue weighted by Crippen LogP contribution is -2.48. The Morgan fingerprint density at radius 1 is 1.18 bits per heavy atom. The minimum Gasteiger partial charge on any atom is -0.496 e. The van der Waals surface area contributed by atoms with Crippen LogP contribution in [0.1, 0.15) is 42.9 Å². The molecule has 0 aromatic heterocycles. The Morgan fingerprint density at radius 2 is 1.93 bits per heavy atom. The number of hydrogen-bond donors (Lipinski definition) is 2. The SMILES string of the molecule is COc1ccccc1CN[C@@H]1CCCN(CCCC(=O)O)[C@@H]1c1ccccc1. The van der Waals surface area contributed by atoms with Gasteiger partial charge in [0.15, 0.2) is 0 Å². The van der Waals surface area contributed by atoms with Crippen LogP contribution in [0.4, 0.5) is 0 Å². The number of nitrogens with zero attached hydrogens (tertiary/aromatic N) is 1. The van der Waals surface area contributed by atoms with Gasteiger partial charge in [-0.3, -0.25) is 9.69 Å². The van der Waals surface area contributed by atoms with Crippen LogP contribution < -0.4 is 10.1 Å². The van der Waals surface area contributed by atoms with E-state index in [-0.39, 0.29) is 12.5 Å². The fourth-order valence-electron chi connectivity index (χ4n) is 4.15. The van der Waals surface area contributed by atoms with Gasteiger partial charge < -0.3 is 15.2 Å². The number of carbonyl (C=O) groups is 1. The molecule has 0 aliphatic carbocycles. The van der Waals surface area contributed by atoms with Gasteiger partial charge in [-0.2, -0.15) is 0 Å². The van der Waals surface area contributed by atoms with Crippen molar-refractivity contribution in [3.8, 4) is 5.75 Å². The maximum absolute atomic E-state index is 10.9. The molecule has 2 aromatic rings. The number of nitrogens with one attached hydrogen (secondary N) is 1. The Hall–Kier alpha value is -2.37. The van der Waals surface area contributed by atoms with Gasteiger partial charge in [0, 0.05) is 24.6 Å². The Bertz CT molecular complexity index is 751. The molecule has 1 fully saturated rings. The third kappa shape index (κ3) is 5.33. The molecule has 28 heavy (non-hydrogen) atoms. The molecular formula is C23H30N2O3. The summed E-state index contributed by atoms with van der Waals surface area (Å²) in [7, 11) is 1.70. The van der Waals surface area contributed by atoms with Crippen molar-refractivity contribution in [2.24, 2.45) is 0 Å². The zero-order chi connectivity index (χ0) is 19.8. The summed E-state index contributed by atoms with van der Waals surface area (Å²) < 4.78 is 5.49. The highest BCUT2D eigenvalue weighted by atomic mass is 16.5. The smallest absolute Gasteiger partial charge is 0.303 e. The molecule has 1 aliphatic rings. The van der Waals surface area contributed by atoms with E-state index in [2.05, 4.69) is 40.5 Å². The summed E-state index contributed by atoms with van der Waals surface area (Å²) in [4.78, 5) is 13.4. The predicted octanol–water partition coefficient (Wildman–Crippen LogP) is 3.86. The topological polar surface area (TPSA) is 61.8 Å². The first-order valence-electron chi connectivity index (χ1n) is 10.0. The van der Waals surface area contributed by atoms with Gasteiger partial charge in [0.25, 0.3) is 0 Å². The van der Waals surface area contributed by atoms with E-state index in [9.17, 15) is 4.79 Å². The molecule has 2 atom stereocenters. The number of benzene rings is 2. The minimum atomic E-state index is -0.723. The highest BCUT2D eigenvalue weighted by molar-refractivity contribution is 5.66. The molecule has 0 radical (unpaired) electrons. The summed E-state index contributed by atoms with van der Waals surface area (Å²) in [6.07, 6.45) is 3.11. The van der Waals surface area contributed by atoms with E-state index in [1.807, 2.05) is 24.3 Å². The second-order valence-electron chi connectivity index (χ2n) is 7.33. The zero-order valence-corrected chi connectivity index (χ0v) is 16.5. The van der Waals surface area contributed by atoms with E-state index in [1.54, 1.807) is 7.11 Å². The van der Waals surface area contributed by atoms with Crippen LogP contribution in [0.3, 0.4) is 0 Å². The Labute approximate surface area is 167 Å². The molecule has 2 aromatic carbocycles. The van der Waals surface area contributed by atoms with Crippen molar-refractivity contribution < 1.29 is 14.6 Å². The first kappa shape index (κ1) is 20.4. The number of carboxylic acid groups (broad SMARTS) is 1. The largest absolute Gasteiger partial charge is 0.496 e. The quantitative estimate of drug-likeness (QED) is 0.690. The number of carboxylic acids is 1. The molecule has 0 bridgehead atoms. The van der Waals surface area contributed by atoms with Gasteiger partial charge in [0.1, 0.15) is 5.75 Å². The number of likely N-dealkylation sites (tertiary alicyclic amines) is 1. The molecule has 2 N–H and O–H groups in total. The third-order valence-electron chi connectivity index (χ3n) is 5.46. The minimum absolute atomic E-state index is 0.220. The monoisotopic (exact) mass is 382 g/mol. The summed E-state index contributed by atoms with van der Waals surface area (Å²) in [6.45, 7) is 2.56. The molecule has 5 nitrogen and oxygen atoms in total. The molecule has 1 heterocycles. The van der Waals surface area contributed by atoms with Gasteiger partial charge in [0.05, 0.1) is 13.2 Å². The third-order valence-corrected chi connectivity index (χ3v) is 5.46. The van der Waals surface area contributed by atoms with Crippen molar-refractivity contribution in [3.05, 3.63) is 65.7 Å². The van der Waals surface area contributed by atoms with Crippen LogP contribution in [0.15, 0.2) is 54.6 Å². The first-order chi connectivity index (χ1) is 13.7.